The summed E-state index contributed by atoms with van der Waals surface area (Å²) in [6, 6.07) is 0.988. The van der Waals surface area contributed by atoms with Crippen LogP contribution in [0.4, 0.5) is 16.3 Å². The summed E-state index contributed by atoms with van der Waals surface area (Å²) < 4.78 is 38.1. The molecule has 5 rings (SSSR count). The maximum absolute atomic E-state index is 13.3. The van der Waals surface area contributed by atoms with Gasteiger partial charge in [-0.05, 0) is 79.3 Å². The molecule has 12 heteroatoms. The number of aromatic nitrogens is 3. The zero-order chi connectivity index (χ0) is 22.3. The Kier molecular flexibility index (Phi) is 7.35. The molecule has 0 spiro atoms. The monoisotopic (exact) mass is 482 g/mol. The Balaban J connectivity index is 0.00000259. The minimum absolute atomic E-state index is 0. The Hall–Kier alpha value is -1.66. The van der Waals surface area contributed by atoms with Crippen molar-refractivity contribution in [2.24, 2.45) is 7.05 Å². The van der Waals surface area contributed by atoms with Crippen LogP contribution in [-0.2, 0) is 47.7 Å². The van der Waals surface area contributed by atoms with Crippen LogP contribution in [0.5, 0.6) is 0 Å². The van der Waals surface area contributed by atoms with E-state index in [0.29, 0.717) is 26.1 Å². The minimum atomic E-state index is -4.33. The average molecular weight is 483 g/mol. The van der Waals surface area contributed by atoms with Crippen LogP contribution < -0.4 is 39.2 Å². The third kappa shape index (κ3) is 4.93. The van der Waals surface area contributed by atoms with Crippen LogP contribution >= 0.6 is 0 Å². The van der Waals surface area contributed by atoms with Crippen LogP contribution in [0.3, 0.4) is 0 Å². The first-order valence-electron chi connectivity index (χ1n) is 11.1. The van der Waals surface area contributed by atoms with E-state index in [-0.39, 0.29) is 35.4 Å². The number of anilines is 2. The second-order valence-electron chi connectivity index (χ2n) is 8.62. The Morgan fingerprint density at radius 3 is 2.36 bits per heavy atom. The van der Waals surface area contributed by atoms with Crippen molar-refractivity contribution in [1.29, 1.82) is 0 Å². The van der Waals surface area contributed by atoms with E-state index in [1.165, 1.54) is 22.0 Å². The summed E-state index contributed by atoms with van der Waals surface area (Å²) in [5, 5.41) is 10.7. The Bertz CT molecular complexity index is 1110. The number of hydrogen-bond donors (Lipinski definition) is 1. The minimum Gasteiger partial charge on any atom is -0.423 e. The largest absolute Gasteiger partial charge is 1.00 e. The van der Waals surface area contributed by atoms with Gasteiger partial charge in [0.15, 0.2) is 11.8 Å². The number of carbonyl (C=O) groups is 1. The van der Waals surface area contributed by atoms with Crippen LogP contribution in [0.2, 0.25) is 0 Å². The van der Waals surface area contributed by atoms with E-state index >= 15 is 0 Å². The topological polar surface area (TPSA) is 121 Å². The molecule has 1 fully saturated rings. The zero-order valence-electron chi connectivity index (χ0n) is 19.1. The fraction of sp³-hybridized carbons (Fsp3) is 0.571. The van der Waals surface area contributed by atoms with E-state index in [0.717, 1.165) is 59.6 Å². The van der Waals surface area contributed by atoms with E-state index in [4.69, 9.17) is 4.74 Å². The molecule has 2 amide bonds. The molecule has 0 saturated carbocycles. The molecule has 1 N–H and O–H groups in total. The molecule has 0 atom stereocenters. The maximum atomic E-state index is 13.3. The number of aryl methyl sites for hydroxylation is 3. The third-order valence-electron chi connectivity index (χ3n) is 6.49. The van der Waals surface area contributed by atoms with Crippen LogP contribution in [0, 0.1) is 0 Å². The quantitative estimate of drug-likeness (QED) is 0.581. The van der Waals surface area contributed by atoms with Gasteiger partial charge in [-0.3, -0.25) is 9.48 Å². The molecule has 1 aromatic heterocycles. The Morgan fingerprint density at radius 2 is 1.79 bits per heavy atom. The summed E-state index contributed by atoms with van der Waals surface area (Å²) in [6.07, 6.45) is 8.34. The number of fused-ring (bicyclic) bond motifs is 2. The summed E-state index contributed by atoms with van der Waals surface area (Å²) in [7, 11) is -2.68. The molecule has 2 aromatic rings. The molecule has 1 aromatic carbocycles. The van der Waals surface area contributed by atoms with Crippen molar-refractivity contribution < 1.29 is 47.5 Å². The maximum Gasteiger partial charge on any atom is 1.00 e. The Morgan fingerprint density at radius 1 is 1.15 bits per heavy atom. The van der Waals surface area contributed by atoms with Gasteiger partial charge in [-0.2, -0.15) is 0 Å². The average Bonchev–Trinajstić information content (AvgIpc) is 3.49. The molecular weight excluding hydrogens is 455 g/mol. The van der Waals surface area contributed by atoms with Gasteiger partial charge < -0.3 is 14.8 Å². The molecular formula is C21H27N6NaO4S. The molecule has 3 aliphatic rings. The van der Waals surface area contributed by atoms with Gasteiger partial charge in [-0.25, -0.2) is 12.7 Å². The normalized spacial score (nSPS) is 17.7. The standard InChI is InChI=1S/C21H28N6O4S.Na/c1-26-13-19(23-25-26)27(16-8-10-31-11-9-16)32(29,30)24-21(28)22-20-17-6-2-4-14(17)12-15-5-3-7-18(15)20;/h12-13,16H,2-11H2,1H3,(H2,22,24,28);/q;+1/p-1. The molecule has 0 unspecified atom stereocenters. The zero-order valence-corrected chi connectivity index (χ0v) is 21.9. The van der Waals surface area contributed by atoms with Gasteiger partial charge in [0.2, 0.25) is 0 Å². The van der Waals surface area contributed by atoms with Gasteiger partial charge in [0, 0.05) is 20.3 Å². The number of benzene rings is 1. The first-order valence-corrected chi connectivity index (χ1v) is 12.5. The number of carbonyl (C=O) groups excluding carboxylic acids is 1. The van der Waals surface area contributed by atoms with Gasteiger partial charge in [0.25, 0.3) is 10.2 Å². The van der Waals surface area contributed by atoms with Crippen LogP contribution in [0.25, 0.3) is 4.72 Å². The van der Waals surface area contributed by atoms with E-state index in [1.54, 1.807) is 7.05 Å². The molecule has 33 heavy (non-hydrogen) atoms. The van der Waals surface area contributed by atoms with E-state index in [1.807, 2.05) is 0 Å². The van der Waals surface area contributed by atoms with Gasteiger partial charge in [0.05, 0.1) is 12.2 Å². The van der Waals surface area contributed by atoms with E-state index < -0.39 is 22.3 Å². The second-order valence-corrected chi connectivity index (χ2v) is 10.1. The van der Waals surface area contributed by atoms with Gasteiger partial charge in [-0.1, -0.05) is 11.3 Å². The number of hydrogen-bond acceptors (Lipinski definition) is 6. The number of ether oxygens (including phenoxy) is 1. The smallest absolute Gasteiger partial charge is 0.423 e. The van der Waals surface area contributed by atoms with Crippen molar-refractivity contribution >= 4 is 27.7 Å². The second kappa shape index (κ2) is 9.91. The van der Waals surface area contributed by atoms with Gasteiger partial charge in [0.1, 0.15) is 0 Å². The fourth-order valence-electron chi connectivity index (χ4n) is 5.10. The molecule has 172 valence electrons. The SMILES string of the molecule is Cn1cc(N(C2CCOCC2)S(=O)(=O)[N-]C(=O)Nc2c3c(cc4c2CCC4)CCC3)nn1.[Na+]. The summed E-state index contributed by atoms with van der Waals surface area (Å²) in [4.78, 5) is 12.9. The number of urea groups is 1. The number of rotatable bonds is 5. The third-order valence-corrected chi connectivity index (χ3v) is 7.87. The summed E-state index contributed by atoms with van der Waals surface area (Å²) >= 11 is 0. The summed E-state index contributed by atoms with van der Waals surface area (Å²) in [5.74, 6) is 0.150. The van der Waals surface area contributed by atoms with Crippen molar-refractivity contribution in [3.8, 4) is 0 Å². The predicted molar refractivity (Wildman–Crippen MR) is 119 cm³/mol. The van der Waals surface area contributed by atoms with Crippen molar-refractivity contribution in [3.05, 3.63) is 39.2 Å². The van der Waals surface area contributed by atoms with Gasteiger partial charge >= 0.3 is 29.6 Å². The Labute approximate surface area is 215 Å². The molecule has 0 radical (unpaired) electrons. The predicted octanol–water partition coefficient (Wildman–Crippen LogP) is -0.367. The summed E-state index contributed by atoms with van der Waals surface area (Å²) in [5.41, 5.74) is 5.54. The molecule has 1 saturated heterocycles. The fourth-order valence-corrected chi connectivity index (χ4v) is 6.35. The number of nitrogens with one attached hydrogen (secondary N) is 1. The number of nitrogens with zero attached hydrogens (tertiary/aromatic N) is 5. The van der Waals surface area contributed by atoms with Crippen molar-refractivity contribution in [3.63, 3.8) is 0 Å². The van der Waals surface area contributed by atoms with Crippen LogP contribution in [-0.4, -0.2) is 48.7 Å². The van der Waals surface area contributed by atoms with Crippen LogP contribution in [0.15, 0.2) is 12.3 Å². The summed E-state index contributed by atoms with van der Waals surface area (Å²) in [6.45, 7) is 0.872. The first-order chi connectivity index (χ1) is 15.4. The molecule has 2 heterocycles. The van der Waals surface area contributed by atoms with E-state index in [2.05, 4.69) is 26.4 Å². The molecule has 0 bridgehead atoms. The number of amides is 2. The van der Waals surface area contributed by atoms with Crippen molar-refractivity contribution in [2.75, 3.05) is 22.8 Å². The van der Waals surface area contributed by atoms with Crippen LogP contribution in [0.1, 0.15) is 47.9 Å². The first kappa shape index (κ1) is 24.5. The van der Waals surface area contributed by atoms with Crippen molar-refractivity contribution in [2.45, 2.75) is 57.4 Å². The molecule has 2 aliphatic carbocycles. The van der Waals surface area contributed by atoms with E-state index in [9.17, 15) is 13.2 Å². The van der Waals surface area contributed by atoms with Gasteiger partial charge in [-0.15, -0.1) is 5.10 Å². The molecule has 1 aliphatic heterocycles. The molecule has 10 nitrogen and oxygen atoms in total. The van der Waals surface area contributed by atoms with Crippen molar-refractivity contribution in [1.82, 2.24) is 15.0 Å².